The zero-order valence-corrected chi connectivity index (χ0v) is 19.4. The van der Waals surface area contributed by atoms with Crippen LogP contribution in [0.3, 0.4) is 0 Å². The molecule has 31 heavy (non-hydrogen) atoms. The number of benzene rings is 2. The van der Waals surface area contributed by atoms with E-state index in [0.717, 1.165) is 54.9 Å². The molecule has 2 aliphatic carbocycles. The summed E-state index contributed by atoms with van der Waals surface area (Å²) >= 11 is 0. The topological polar surface area (TPSA) is 9.23 Å². The summed E-state index contributed by atoms with van der Waals surface area (Å²) in [5, 5.41) is 0. The molecule has 0 amide bonds. The smallest absolute Gasteiger partial charge is 0.131 e. The van der Waals surface area contributed by atoms with Gasteiger partial charge in [-0.25, -0.2) is 4.39 Å². The highest BCUT2D eigenvalue weighted by Crippen LogP contribution is 2.39. The predicted octanol–water partition coefficient (Wildman–Crippen LogP) is 8.63. The summed E-state index contributed by atoms with van der Waals surface area (Å²) in [7, 11) is 0. The maximum atomic E-state index is 15.0. The van der Waals surface area contributed by atoms with E-state index < -0.39 is 0 Å². The Balaban J connectivity index is 1.39. The Labute approximate surface area is 188 Å². The standard InChI is InChI=1S/C29H39FO/c1-3-5-21-6-8-22(9-7-21)23-10-12-25(13-11-23)28-19-16-26(20-29(28)30)24-14-17-27(18-15-24)31-4-2/h10-13,16,19-22,24,27H,3-9,14-15,17-18H2,1-2H3/t21-,22-,24-,27-. The van der Waals surface area contributed by atoms with Crippen LogP contribution in [0.2, 0.25) is 0 Å². The molecular weight excluding hydrogens is 383 g/mol. The average Bonchev–Trinajstić information content (AvgIpc) is 2.81. The summed E-state index contributed by atoms with van der Waals surface area (Å²) in [6.07, 6.45) is 12.8. The van der Waals surface area contributed by atoms with Gasteiger partial charge in [-0.3, -0.25) is 0 Å². The second-order valence-corrected chi connectivity index (χ2v) is 9.80. The zero-order chi connectivity index (χ0) is 21.6. The van der Waals surface area contributed by atoms with Crippen LogP contribution in [-0.4, -0.2) is 12.7 Å². The highest BCUT2D eigenvalue weighted by molar-refractivity contribution is 5.65. The minimum Gasteiger partial charge on any atom is -0.379 e. The molecule has 0 aliphatic heterocycles. The van der Waals surface area contributed by atoms with Crippen LogP contribution in [0.5, 0.6) is 0 Å². The molecule has 1 nitrogen and oxygen atoms in total. The molecule has 4 rings (SSSR count). The average molecular weight is 423 g/mol. The summed E-state index contributed by atoms with van der Waals surface area (Å²) in [5.74, 6) is 1.99. The SMILES string of the molecule is CCC[C@H]1CC[C@H](c2ccc(-c3ccc([C@H]4CC[C@H](OCC)CC4)cc3F)cc2)CC1. The van der Waals surface area contributed by atoms with Gasteiger partial charge < -0.3 is 4.74 Å². The first-order valence-electron chi connectivity index (χ1n) is 12.7. The molecule has 2 aliphatic rings. The van der Waals surface area contributed by atoms with Crippen molar-refractivity contribution in [1.82, 2.24) is 0 Å². The number of rotatable bonds is 7. The van der Waals surface area contributed by atoms with Gasteiger partial charge in [0.2, 0.25) is 0 Å². The molecule has 0 spiro atoms. The van der Waals surface area contributed by atoms with Crippen molar-refractivity contribution < 1.29 is 9.13 Å². The van der Waals surface area contributed by atoms with E-state index in [4.69, 9.17) is 4.74 Å². The Kier molecular flexibility index (Phi) is 7.82. The maximum absolute atomic E-state index is 15.0. The fourth-order valence-corrected chi connectivity index (χ4v) is 5.95. The van der Waals surface area contributed by atoms with Gasteiger partial charge in [0.05, 0.1) is 6.10 Å². The van der Waals surface area contributed by atoms with Crippen molar-refractivity contribution in [2.45, 2.75) is 96.0 Å². The first kappa shape index (κ1) is 22.5. The molecule has 0 heterocycles. The Morgan fingerprint density at radius 3 is 2.00 bits per heavy atom. The number of hydrogen-bond acceptors (Lipinski definition) is 1. The van der Waals surface area contributed by atoms with Crippen molar-refractivity contribution in [2.24, 2.45) is 5.92 Å². The summed E-state index contributed by atoms with van der Waals surface area (Å²) in [5.41, 5.74) is 4.30. The highest BCUT2D eigenvalue weighted by Gasteiger charge is 2.24. The largest absolute Gasteiger partial charge is 0.379 e. The van der Waals surface area contributed by atoms with E-state index in [1.807, 2.05) is 6.07 Å². The van der Waals surface area contributed by atoms with Crippen molar-refractivity contribution in [3.63, 3.8) is 0 Å². The van der Waals surface area contributed by atoms with Crippen LogP contribution in [0.15, 0.2) is 42.5 Å². The number of halogens is 1. The monoisotopic (exact) mass is 422 g/mol. The zero-order valence-electron chi connectivity index (χ0n) is 19.4. The van der Waals surface area contributed by atoms with Gasteiger partial charge in [-0.1, -0.05) is 56.2 Å². The lowest BCUT2D eigenvalue weighted by Gasteiger charge is -2.29. The fourth-order valence-electron chi connectivity index (χ4n) is 5.95. The Bertz CT molecular complexity index is 811. The van der Waals surface area contributed by atoms with Crippen LogP contribution in [0.4, 0.5) is 4.39 Å². The third-order valence-corrected chi connectivity index (χ3v) is 7.78. The molecule has 168 valence electrons. The molecule has 2 saturated carbocycles. The Hall–Kier alpha value is -1.67. The van der Waals surface area contributed by atoms with Gasteiger partial charge in [0.1, 0.15) is 5.82 Å². The normalized spacial score (nSPS) is 26.7. The van der Waals surface area contributed by atoms with Crippen molar-refractivity contribution in [2.75, 3.05) is 6.61 Å². The first-order chi connectivity index (χ1) is 15.2. The predicted molar refractivity (Wildman–Crippen MR) is 128 cm³/mol. The summed E-state index contributed by atoms with van der Waals surface area (Å²) < 4.78 is 20.8. The lowest BCUT2D eigenvalue weighted by atomic mass is 9.77. The maximum Gasteiger partial charge on any atom is 0.131 e. The van der Waals surface area contributed by atoms with E-state index >= 15 is 4.39 Å². The minimum atomic E-state index is -0.0859. The molecule has 2 aromatic carbocycles. The molecule has 0 saturated heterocycles. The lowest BCUT2D eigenvalue weighted by molar-refractivity contribution is 0.0328. The van der Waals surface area contributed by atoms with Crippen LogP contribution in [-0.2, 0) is 4.74 Å². The van der Waals surface area contributed by atoms with Gasteiger partial charge in [0.25, 0.3) is 0 Å². The second-order valence-electron chi connectivity index (χ2n) is 9.80. The van der Waals surface area contributed by atoms with Gasteiger partial charge in [0, 0.05) is 12.2 Å². The highest BCUT2D eigenvalue weighted by atomic mass is 19.1. The van der Waals surface area contributed by atoms with Crippen molar-refractivity contribution in [3.05, 3.63) is 59.4 Å². The van der Waals surface area contributed by atoms with E-state index in [1.165, 1.54) is 44.1 Å². The molecule has 0 atom stereocenters. The molecule has 0 radical (unpaired) electrons. The summed E-state index contributed by atoms with van der Waals surface area (Å²) in [6.45, 7) is 5.14. The van der Waals surface area contributed by atoms with Gasteiger partial charge >= 0.3 is 0 Å². The quantitative estimate of drug-likeness (QED) is 0.434. The third-order valence-electron chi connectivity index (χ3n) is 7.78. The molecule has 2 aromatic rings. The van der Waals surface area contributed by atoms with Crippen molar-refractivity contribution >= 4 is 0 Å². The first-order valence-corrected chi connectivity index (χ1v) is 12.7. The van der Waals surface area contributed by atoms with Gasteiger partial charge in [-0.05, 0) is 98.8 Å². The Morgan fingerprint density at radius 2 is 1.39 bits per heavy atom. The molecule has 2 heteroatoms. The molecule has 0 unspecified atom stereocenters. The molecule has 0 N–H and O–H groups in total. The van der Waals surface area contributed by atoms with Gasteiger partial charge in [-0.2, -0.15) is 0 Å². The number of hydrogen-bond donors (Lipinski definition) is 0. The summed E-state index contributed by atoms with van der Waals surface area (Å²) in [4.78, 5) is 0. The fraction of sp³-hybridized carbons (Fsp3) is 0.586. The number of ether oxygens (including phenoxy) is 1. The Morgan fingerprint density at radius 1 is 0.774 bits per heavy atom. The second kappa shape index (κ2) is 10.8. The van der Waals surface area contributed by atoms with E-state index in [1.54, 1.807) is 6.07 Å². The third kappa shape index (κ3) is 5.58. The molecule has 0 bridgehead atoms. The molecular formula is C29H39FO. The van der Waals surface area contributed by atoms with E-state index in [0.29, 0.717) is 17.9 Å². The van der Waals surface area contributed by atoms with E-state index in [-0.39, 0.29) is 5.82 Å². The van der Waals surface area contributed by atoms with Crippen LogP contribution in [0.25, 0.3) is 11.1 Å². The van der Waals surface area contributed by atoms with Gasteiger partial charge in [0.15, 0.2) is 0 Å². The molecule has 2 fully saturated rings. The molecule has 0 aromatic heterocycles. The van der Waals surface area contributed by atoms with Crippen LogP contribution in [0.1, 0.15) is 101 Å². The van der Waals surface area contributed by atoms with E-state index in [2.05, 4.69) is 44.2 Å². The van der Waals surface area contributed by atoms with Crippen LogP contribution in [0, 0.1) is 11.7 Å². The summed E-state index contributed by atoms with van der Waals surface area (Å²) in [6, 6.07) is 14.6. The van der Waals surface area contributed by atoms with Crippen LogP contribution >= 0.6 is 0 Å². The van der Waals surface area contributed by atoms with Gasteiger partial charge in [-0.15, -0.1) is 0 Å². The van der Waals surface area contributed by atoms with Crippen LogP contribution < -0.4 is 0 Å². The lowest BCUT2D eigenvalue weighted by Crippen LogP contribution is -2.20. The van der Waals surface area contributed by atoms with Crippen molar-refractivity contribution in [1.29, 1.82) is 0 Å². The minimum absolute atomic E-state index is 0.0859. The van der Waals surface area contributed by atoms with Crippen molar-refractivity contribution in [3.8, 4) is 11.1 Å². The van der Waals surface area contributed by atoms with E-state index in [9.17, 15) is 0 Å².